The molecule has 0 amide bonds. The molecule has 1 atom stereocenters. The maximum Gasteiger partial charge on any atom is 0.468 e. The molecule has 0 aromatic heterocycles. The van der Waals surface area contributed by atoms with E-state index in [0.29, 0.717) is 0 Å². The molecule has 0 spiro atoms. The van der Waals surface area contributed by atoms with Crippen LogP contribution in [0.4, 0.5) is 13.2 Å². The smallest absolute Gasteiger partial charge is 0.468 e. The van der Waals surface area contributed by atoms with Gasteiger partial charge in [-0.2, -0.15) is 13.2 Å². The summed E-state index contributed by atoms with van der Waals surface area (Å²) in [4.78, 5) is 13.0. The number of alkyl halides is 3. The van der Waals surface area contributed by atoms with E-state index in [-0.39, 0.29) is 0 Å². The Morgan fingerprint density at radius 2 is 2.25 bits per heavy atom. The molecule has 4 nitrogen and oxygen atoms in total. The van der Waals surface area contributed by atoms with Gasteiger partial charge in [0.2, 0.25) is 6.10 Å². The lowest BCUT2D eigenvalue weighted by atomic mass is 10.4. The van der Waals surface area contributed by atoms with Crippen LogP contribution in [0.1, 0.15) is 0 Å². The van der Waals surface area contributed by atoms with Gasteiger partial charge in [0.1, 0.15) is 0 Å². The van der Waals surface area contributed by atoms with E-state index in [4.69, 9.17) is 5.11 Å². The summed E-state index contributed by atoms with van der Waals surface area (Å²) in [6.07, 6.45) is -6.19. The molecule has 1 rings (SSSR count). The van der Waals surface area contributed by atoms with Gasteiger partial charge in [-0.15, -0.1) is 0 Å². The highest BCUT2D eigenvalue weighted by Gasteiger charge is 2.44. The zero-order valence-electron chi connectivity index (χ0n) is 5.63. The first-order chi connectivity index (χ1) is 5.41. The maximum atomic E-state index is 11.7. The van der Waals surface area contributed by atoms with Crippen LogP contribution >= 0.6 is 0 Å². The molecule has 0 fully saturated rings. The summed E-state index contributed by atoms with van der Waals surface area (Å²) >= 11 is 0. The van der Waals surface area contributed by atoms with Crippen LogP contribution in [0.15, 0.2) is 4.99 Å². The number of halogens is 3. The number of aliphatic carboxylic acids is 1. The highest BCUT2D eigenvalue weighted by atomic mass is 19.4. The van der Waals surface area contributed by atoms with Crippen molar-refractivity contribution in [1.82, 2.24) is 0 Å². The van der Waals surface area contributed by atoms with Crippen molar-refractivity contribution >= 4 is 11.9 Å². The summed E-state index contributed by atoms with van der Waals surface area (Å²) in [6.45, 7) is -0.482. The number of carboxylic acids is 1. The minimum atomic E-state index is -4.69. The summed E-state index contributed by atoms with van der Waals surface area (Å²) in [7, 11) is 0. The molecule has 1 unspecified atom stereocenters. The first-order valence-electron chi connectivity index (χ1n) is 2.92. The van der Waals surface area contributed by atoms with Gasteiger partial charge in [-0.3, -0.25) is 0 Å². The molecule has 0 aliphatic carbocycles. The Kier molecular flexibility index (Phi) is 1.95. The SMILES string of the molecule is O=C(O)C1CN=C(C(F)(F)F)O1. The number of rotatable bonds is 1. The van der Waals surface area contributed by atoms with Gasteiger partial charge < -0.3 is 9.84 Å². The highest BCUT2D eigenvalue weighted by molar-refractivity contribution is 5.87. The fraction of sp³-hybridized carbons (Fsp3) is 0.600. The fourth-order valence-electron chi connectivity index (χ4n) is 0.660. The maximum absolute atomic E-state index is 11.7. The topological polar surface area (TPSA) is 58.9 Å². The van der Waals surface area contributed by atoms with Gasteiger partial charge in [0.25, 0.3) is 5.90 Å². The standard InChI is InChI=1S/C5H4F3NO3/c6-5(7,8)4-9-1-2(12-4)3(10)11/h2H,1H2,(H,10,11). The largest absolute Gasteiger partial charge is 0.478 e. The van der Waals surface area contributed by atoms with Crippen molar-refractivity contribution in [1.29, 1.82) is 0 Å². The summed E-state index contributed by atoms with van der Waals surface area (Å²) in [6, 6.07) is 0. The number of hydrogen-bond acceptors (Lipinski definition) is 3. The Hall–Kier alpha value is -1.27. The van der Waals surface area contributed by atoms with E-state index < -0.39 is 30.7 Å². The van der Waals surface area contributed by atoms with Crippen LogP contribution in [-0.4, -0.2) is 35.8 Å². The van der Waals surface area contributed by atoms with Crippen molar-refractivity contribution in [3.63, 3.8) is 0 Å². The van der Waals surface area contributed by atoms with E-state index in [2.05, 4.69) is 9.73 Å². The molecule has 0 saturated heterocycles. The zero-order chi connectivity index (χ0) is 9.35. The fourth-order valence-corrected chi connectivity index (χ4v) is 0.660. The summed E-state index contributed by atoms with van der Waals surface area (Å²) < 4.78 is 39.3. The van der Waals surface area contributed by atoms with Crippen LogP contribution < -0.4 is 0 Å². The minimum absolute atomic E-state index is 0.482. The lowest BCUT2D eigenvalue weighted by Crippen LogP contribution is -2.29. The zero-order valence-corrected chi connectivity index (χ0v) is 5.63. The first-order valence-corrected chi connectivity index (χ1v) is 2.92. The molecule has 0 aromatic carbocycles. The summed E-state index contributed by atoms with van der Waals surface area (Å²) in [5.74, 6) is -2.91. The third-order valence-electron chi connectivity index (χ3n) is 1.17. The van der Waals surface area contributed by atoms with Gasteiger partial charge in [0.05, 0.1) is 6.54 Å². The number of carbonyl (C=O) groups is 1. The van der Waals surface area contributed by atoms with Crippen molar-refractivity contribution in [3.05, 3.63) is 0 Å². The third-order valence-corrected chi connectivity index (χ3v) is 1.17. The van der Waals surface area contributed by atoms with Crippen LogP contribution in [0.2, 0.25) is 0 Å². The monoisotopic (exact) mass is 183 g/mol. The van der Waals surface area contributed by atoms with Crippen LogP contribution in [0.5, 0.6) is 0 Å². The van der Waals surface area contributed by atoms with Crippen molar-refractivity contribution in [2.45, 2.75) is 12.3 Å². The Bertz CT molecular complexity index is 235. The molecule has 1 aliphatic heterocycles. The van der Waals surface area contributed by atoms with Crippen LogP contribution in [0.3, 0.4) is 0 Å². The van der Waals surface area contributed by atoms with Crippen molar-refractivity contribution in [2.24, 2.45) is 4.99 Å². The number of ether oxygens (including phenoxy) is 1. The molecule has 12 heavy (non-hydrogen) atoms. The van der Waals surface area contributed by atoms with Gasteiger partial charge in [-0.05, 0) is 0 Å². The molecule has 1 heterocycles. The van der Waals surface area contributed by atoms with Crippen molar-refractivity contribution in [3.8, 4) is 0 Å². The molecular formula is C5H4F3NO3. The normalized spacial score (nSPS) is 23.2. The van der Waals surface area contributed by atoms with Crippen LogP contribution in [0, 0.1) is 0 Å². The molecular weight excluding hydrogens is 179 g/mol. The first kappa shape index (κ1) is 8.82. The van der Waals surface area contributed by atoms with E-state index in [1.54, 1.807) is 0 Å². The second kappa shape index (κ2) is 2.65. The molecule has 68 valence electrons. The van der Waals surface area contributed by atoms with E-state index in [9.17, 15) is 18.0 Å². The van der Waals surface area contributed by atoms with E-state index in [1.165, 1.54) is 0 Å². The number of nitrogens with zero attached hydrogens (tertiary/aromatic N) is 1. The van der Waals surface area contributed by atoms with Gasteiger partial charge in [-0.25, -0.2) is 9.79 Å². The third kappa shape index (κ3) is 1.66. The van der Waals surface area contributed by atoms with Crippen molar-refractivity contribution in [2.75, 3.05) is 6.54 Å². The summed E-state index contributed by atoms with van der Waals surface area (Å²) in [5, 5.41) is 8.23. The number of hydrogen-bond donors (Lipinski definition) is 1. The van der Waals surface area contributed by atoms with E-state index in [0.717, 1.165) is 0 Å². The minimum Gasteiger partial charge on any atom is -0.478 e. The lowest BCUT2D eigenvalue weighted by Gasteiger charge is -2.07. The van der Waals surface area contributed by atoms with Gasteiger partial charge in [0.15, 0.2) is 0 Å². The second-order valence-electron chi connectivity index (χ2n) is 2.09. The quantitative estimate of drug-likeness (QED) is 0.641. The van der Waals surface area contributed by atoms with Crippen molar-refractivity contribution < 1.29 is 27.8 Å². The predicted molar refractivity (Wildman–Crippen MR) is 30.9 cm³/mol. The second-order valence-corrected chi connectivity index (χ2v) is 2.09. The van der Waals surface area contributed by atoms with E-state index >= 15 is 0 Å². The Morgan fingerprint density at radius 1 is 1.67 bits per heavy atom. The summed E-state index contributed by atoms with van der Waals surface area (Å²) in [5.41, 5.74) is 0. The number of carboxylic acid groups (broad SMARTS) is 1. The Balaban J connectivity index is 2.61. The Labute approximate surface area is 64.7 Å². The molecule has 1 aliphatic rings. The van der Waals surface area contributed by atoms with Gasteiger partial charge in [-0.1, -0.05) is 0 Å². The van der Waals surface area contributed by atoms with Gasteiger partial charge >= 0.3 is 12.1 Å². The Morgan fingerprint density at radius 3 is 2.50 bits per heavy atom. The lowest BCUT2D eigenvalue weighted by molar-refractivity contribution is -0.145. The molecule has 1 N–H and O–H groups in total. The molecule has 0 bridgehead atoms. The van der Waals surface area contributed by atoms with Gasteiger partial charge in [0, 0.05) is 0 Å². The molecule has 7 heteroatoms. The molecule has 0 aromatic rings. The molecule has 0 radical (unpaired) electrons. The number of aliphatic imine (C=N–C) groups is 1. The van der Waals surface area contributed by atoms with Crippen LogP contribution in [0.25, 0.3) is 0 Å². The predicted octanol–water partition coefficient (Wildman–Crippen LogP) is 0.431. The highest BCUT2D eigenvalue weighted by Crippen LogP contribution is 2.22. The molecule has 0 saturated carbocycles. The van der Waals surface area contributed by atoms with Crippen LogP contribution in [-0.2, 0) is 9.53 Å². The average Bonchev–Trinajstić information content (AvgIpc) is 2.30. The average molecular weight is 183 g/mol. The van der Waals surface area contributed by atoms with E-state index in [1.807, 2.05) is 0 Å².